The second-order valence-corrected chi connectivity index (χ2v) is 22.9. The average molecular weight is 973 g/mol. The van der Waals surface area contributed by atoms with Crippen LogP contribution in [0.1, 0.15) is 56.7 Å². The number of piperazine rings is 2. The molecule has 8 heterocycles. The fourth-order valence-electron chi connectivity index (χ4n) is 9.62. The molecule has 344 valence electrons. The zero-order chi connectivity index (χ0) is 46.4. The number of nitrogens with zero attached hydrogens (tertiary/aromatic N) is 8. The van der Waals surface area contributed by atoms with Crippen LogP contribution in [0.4, 0.5) is 20.3 Å². The third-order valence-corrected chi connectivity index (χ3v) is 18.4. The number of alkyl halides is 2. The van der Waals surface area contributed by atoms with Crippen molar-refractivity contribution in [1.29, 1.82) is 0 Å². The molecule has 0 radical (unpaired) electrons. The largest absolute Gasteiger partial charge is 0.361 e. The van der Waals surface area contributed by atoms with E-state index in [9.17, 15) is 35.2 Å². The number of benzene rings is 2. The number of thiazole rings is 2. The van der Waals surface area contributed by atoms with Crippen molar-refractivity contribution in [3.05, 3.63) is 95.3 Å². The highest BCUT2D eigenvalue weighted by atomic mass is 32.2. The first-order chi connectivity index (χ1) is 31.6. The number of pyridine rings is 2. The number of rotatable bonds is 11. The van der Waals surface area contributed by atoms with Crippen molar-refractivity contribution in [2.45, 2.75) is 85.3 Å². The van der Waals surface area contributed by atoms with Gasteiger partial charge in [0.1, 0.15) is 11.5 Å². The summed E-state index contributed by atoms with van der Waals surface area (Å²) < 4.78 is 80.1. The van der Waals surface area contributed by atoms with E-state index in [-0.39, 0.29) is 75.7 Å². The fourth-order valence-corrected chi connectivity index (χ4v) is 14.7. The molecule has 4 fully saturated rings. The highest BCUT2D eigenvalue weighted by Crippen LogP contribution is 2.37. The number of aromatic nitrogens is 4. The van der Waals surface area contributed by atoms with E-state index in [2.05, 4.69) is 35.7 Å². The van der Waals surface area contributed by atoms with Crippen LogP contribution in [-0.2, 0) is 35.2 Å². The Balaban J connectivity index is 0.000000166. The van der Waals surface area contributed by atoms with E-state index in [0.717, 1.165) is 38.3 Å². The quantitative estimate of drug-likeness (QED) is 0.129. The van der Waals surface area contributed by atoms with Crippen LogP contribution in [-0.4, -0.2) is 120 Å². The van der Waals surface area contributed by atoms with E-state index in [1.165, 1.54) is 34.9 Å². The van der Waals surface area contributed by atoms with Crippen molar-refractivity contribution in [1.82, 2.24) is 29.7 Å². The molecule has 0 saturated carbocycles. The molecule has 2 aromatic carbocycles. The number of amides is 2. The third kappa shape index (κ3) is 9.22. The van der Waals surface area contributed by atoms with E-state index >= 15 is 0 Å². The van der Waals surface area contributed by atoms with Gasteiger partial charge in [-0.2, -0.15) is 0 Å². The lowest BCUT2D eigenvalue weighted by Gasteiger charge is -2.42. The number of halogens is 2. The summed E-state index contributed by atoms with van der Waals surface area (Å²) in [5, 5.41) is 0. The molecule has 4 bridgehead atoms. The number of terminal acetylenes is 1. The molecule has 4 saturated heterocycles. The lowest BCUT2D eigenvalue weighted by molar-refractivity contribution is -0.132. The SMILES string of the molecule is C#Cc1ccc(N2C3CCC2CN(C(=O)CCS(=O)(=O)c2cccc4ncsc24)C3)cn1.CC(F)(F)c1ccc(N2C3CCC2CN(C(=O)CCS(=O)(=O)c2cccc4ncsc24)C3)nc1. The van der Waals surface area contributed by atoms with E-state index in [1.807, 2.05) is 17.0 Å². The maximum Gasteiger partial charge on any atom is 0.272 e. The Hall–Kier alpha value is -5.62. The van der Waals surface area contributed by atoms with Crippen LogP contribution < -0.4 is 9.80 Å². The number of fused-ring (bicyclic) bond motifs is 6. The van der Waals surface area contributed by atoms with Crippen LogP contribution in [0.15, 0.2) is 93.9 Å². The van der Waals surface area contributed by atoms with Crippen molar-refractivity contribution in [3.63, 3.8) is 0 Å². The molecule has 66 heavy (non-hydrogen) atoms. The topological polar surface area (TPSA) is 167 Å². The molecule has 0 spiro atoms. The minimum Gasteiger partial charge on any atom is -0.361 e. The zero-order valence-corrected chi connectivity index (χ0v) is 39.1. The molecule has 4 aromatic heterocycles. The predicted octanol–water partition coefficient (Wildman–Crippen LogP) is 6.56. The first kappa shape index (κ1) is 45.5. The van der Waals surface area contributed by atoms with Gasteiger partial charge in [-0.25, -0.2) is 45.6 Å². The van der Waals surface area contributed by atoms with Gasteiger partial charge in [-0.1, -0.05) is 18.1 Å². The Morgan fingerprint density at radius 3 is 1.61 bits per heavy atom. The van der Waals surface area contributed by atoms with Gasteiger partial charge in [-0.15, -0.1) is 29.1 Å². The highest BCUT2D eigenvalue weighted by molar-refractivity contribution is 7.92. The van der Waals surface area contributed by atoms with Crippen LogP contribution in [0.25, 0.3) is 20.4 Å². The molecule has 0 aliphatic carbocycles. The molecule has 4 aliphatic rings. The maximum atomic E-state index is 13.5. The Labute approximate surface area is 389 Å². The van der Waals surface area contributed by atoms with E-state index in [0.29, 0.717) is 58.1 Å². The number of anilines is 2. The predicted molar refractivity (Wildman–Crippen MR) is 250 cm³/mol. The number of carbonyl (C=O) groups excluding carboxylic acids is 2. The lowest BCUT2D eigenvalue weighted by Crippen LogP contribution is -2.55. The molecule has 20 heteroatoms. The van der Waals surface area contributed by atoms with Gasteiger partial charge in [0.05, 0.1) is 64.6 Å². The van der Waals surface area contributed by atoms with Crippen LogP contribution in [0.3, 0.4) is 0 Å². The van der Waals surface area contributed by atoms with Gasteiger partial charge in [0.2, 0.25) is 11.8 Å². The van der Waals surface area contributed by atoms with Crippen molar-refractivity contribution < 1.29 is 35.2 Å². The highest BCUT2D eigenvalue weighted by Gasteiger charge is 2.43. The van der Waals surface area contributed by atoms with Crippen LogP contribution in [0.5, 0.6) is 0 Å². The molecule has 10 rings (SSSR count). The standard InChI is InChI=1S/C23H24F2N4O3S2.C23H22N4O3S2/c1-23(24,25)15-5-8-20(26-11-15)29-16-6-7-17(29)13-28(12-16)21(30)9-10-34(31,32)19-4-2-3-18-22(19)33-14-27-18;1-2-16-6-7-17(12-24-16)27-18-8-9-19(27)14-26(13-18)22(28)10-11-32(29,30)21-5-3-4-20-23(21)31-15-25-20/h2-5,8,11,14,16-17H,6-7,9-10,12-13H2,1H3;1,3-7,12,15,18-19H,8-11,13-14H2. The summed E-state index contributed by atoms with van der Waals surface area (Å²) in [5.74, 6) is -0.536. The molecule has 0 N–H and O–H groups in total. The first-order valence-electron chi connectivity index (χ1n) is 21.6. The van der Waals surface area contributed by atoms with E-state index in [4.69, 9.17) is 6.42 Å². The van der Waals surface area contributed by atoms with E-state index < -0.39 is 25.6 Å². The Morgan fingerprint density at radius 2 is 1.18 bits per heavy atom. The number of sulfone groups is 2. The third-order valence-electron chi connectivity index (χ3n) is 12.9. The molecule has 14 nitrogen and oxygen atoms in total. The molecule has 4 unspecified atom stereocenters. The molecular formula is C46H46F2N8O6S4. The molecule has 6 aromatic rings. The summed E-state index contributed by atoms with van der Waals surface area (Å²) in [6.07, 6.45) is 12.0. The van der Waals surface area contributed by atoms with Crippen molar-refractivity contribution in [3.8, 4) is 12.3 Å². The van der Waals surface area contributed by atoms with Gasteiger partial charge < -0.3 is 19.6 Å². The van der Waals surface area contributed by atoms with Gasteiger partial charge in [0, 0.05) is 81.9 Å². The van der Waals surface area contributed by atoms with Gasteiger partial charge in [0.25, 0.3) is 5.92 Å². The Morgan fingerprint density at radius 1 is 0.682 bits per heavy atom. The second-order valence-electron chi connectivity index (χ2n) is 17.1. The van der Waals surface area contributed by atoms with Gasteiger partial charge in [0.15, 0.2) is 19.7 Å². The molecular weight excluding hydrogens is 927 g/mol. The Bertz CT molecular complexity index is 3020. The van der Waals surface area contributed by atoms with Gasteiger partial charge in [-0.3, -0.25) is 9.59 Å². The number of hydrogen-bond donors (Lipinski definition) is 0. The molecule has 4 atom stereocenters. The summed E-state index contributed by atoms with van der Waals surface area (Å²) in [4.78, 5) is 51.3. The average Bonchev–Trinajstić information content (AvgIpc) is 4.11. The monoisotopic (exact) mass is 972 g/mol. The summed E-state index contributed by atoms with van der Waals surface area (Å²) in [6.45, 7) is 2.96. The zero-order valence-electron chi connectivity index (χ0n) is 35.9. The Kier molecular flexibility index (Phi) is 12.6. The minimum atomic E-state index is -3.63. The smallest absolute Gasteiger partial charge is 0.272 e. The van der Waals surface area contributed by atoms with Gasteiger partial charge >= 0.3 is 0 Å². The van der Waals surface area contributed by atoms with Crippen molar-refractivity contribution in [2.75, 3.05) is 47.5 Å². The normalized spacial score (nSPS) is 20.6. The summed E-state index contributed by atoms with van der Waals surface area (Å²) in [7, 11) is -7.20. The van der Waals surface area contributed by atoms with Crippen molar-refractivity contribution in [2.24, 2.45) is 0 Å². The summed E-state index contributed by atoms with van der Waals surface area (Å²) in [6, 6.07) is 17.4. The second kappa shape index (κ2) is 18.2. The van der Waals surface area contributed by atoms with E-state index in [1.54, 1.807) is 64.6 Å². The molecule has 2 amide bonds. The van der Waals surface area contributed by atoms with Crippen molar-refractivity contribution >= 4 is 86.1 Å². The molecule has 4 aliphatic heterocycles. The number of likely N-dealkylation sites (tertiary alicyclic amines) is 2. The van der Waals surface area contributed by atoms with Crippen LogP contribution >= 0.6 is 22.7 Å². The summed E-state index contributed by atoms with van der Waals surface area (Å²) >= 11 is 2.58. The minimum absolute atomic E-state index is 0.0185. The maximum absolute atomic E-state index is 13.5. The summed E-state index contributed by atoms with van der Waals surface area (Å²) in [5.41, 5.74) is 6.04. The number of carbonyl (C=O) groups is 2. The van der Waals surface area contributed by atoms with Crippen LogP contribution in [0.2, 0.25) is 0 Å². The first-order valence-corrected chi connectivity index (χ1v) is 26.6. The van der Waals surface area contributed by atoms with Crippen LogP contribution in [0, 0.1) is 12.3 Å². The van der Waals surface area contributed by atoms with Gasteiger partial charge in [-0.05, 0) is 74.2 Å². The fraction of sp³-hybridized carbons (Fsp3) is 0.391. The number of hydrogen-bond acceptors (Lipinski definition) is 14. The lowest BCUT2D eigenvalue weighted by atomic mass is 10.1.